The molecule has 1 aromatic carbocycles. The molecule has 0 atom stereocenters. The van der Waals surface area contributed by atoms with Crippen molar-refractivity contribution < 1.29 is 19.9 Å². The summed E-state index contributed by atoms with van der Waals surface area (Å²) in [6, 6.07) is 6.80. The maximum Gasteiger partial charge on any atom is 0.407 e. The van der Waals surface area contributed by atoms with Gasteiger partial charge in [0.05, 0.1) is 0 Å². The maximum atomic E-state index is 11.7. The smallest absolute Gasteiger partial charge is 0.407 e. The van der Waals surface area contributed by atoms with E-state index >= 15 is 0 Å². The van der Waals surface area contributed by atoms with E-state index < -0.39 is 6.09 Å². The number of benzene rings is 1. The molecule has 1 aliphatic carbocycles. The average Bonchev–Trinajstić information content (AvgIpc) is 2.46. The van der Waals surface area contributed by atoms with Crippen molar-refractivity contribution in [2.75, 3.05) is 5.23 Å². The second-order valence-corrected chi connectivity index (χ2v) is 4.97. The number of carbonyl (C=O) groups is 1. The van der Waals surface area contributed by atoms with Crippen LogP contribution in [0.2, 0.25) is 0 Å². The van der Waals surface area contributed by atoms with Crippen molar-refractivity contribution in [2.45, 2.75) is 44.8 Å². The van der Waals surface area contributed by atoms with Crippen molar-refractivity contribution in [1.82, 2.24) is 5.32 Å². The van der Waals surface area contributed by atoms with Gasteiger partial charge >= 0.3 is 6.09 Å². The van der Waals surface area contributed by atoms with Crippen LogP contribution in [0.1, 0.15) is 37.7 Å². The molecule has 6 nitrogen and oxygen atoms in total. The number of anilines is 1. The van der Waals surface area contributed by atoms with E-state index in [0.717, 1.165) is 25.7 Å². The van der Waals surface area contributed by atoms with Gasteiger partial charge in [0.15, 0.2) is 0 Å². The highest BCUT2D eigenvalue weighted by molar-refractivity contribution is 5.67. The van der Waals surface area contributed by atoms with Gasteiger partial charge in [0, 0.05) is 11.6 Å². The Labute approximate surface area is 117 Å². The van der Waals surface area contributed by atoms with Gasteiger partial charge in [-0.3, -0.25) is 10.4 Å². The predicted octanol–water partition coefficient (Wildman–Crippen LogP) is 2.83. The van der Waals surface area contributed by atoms with Crippen LogP contribution in [0.5, 0.6) is 0 Å². The summed E-state index contributed by atoms with van der Waals surface area (Å²) < 4.78 is 5.12. The summed E-state index contributed by atoms with van der Waals surface area (Å²) in [7, 11) is 0. The van der Waals surface area contributed by atoms with Crippen molar-refractivity contribution in [3.8, 4) is 0 Å². The largest absolute Gasteiger partial charge is 0.445 e. The average molecular weight is 280 g/mol. The third-order valence-electron chi connectivity index (χ3n) is 3.49. The number of carbonyl (C=O) groups excluding carboxylic acids is 1. The van der Waals surface area contributed by atoms with E-state index in [2.05, 4.69) is 5.32 Å². The molecule has 110 valence electrons. The van der Waals surface area contributed by atoms with Crippen molar-refractivity contribution >= 4 is 11.8 Å². The molecule has 0 radical (unpaired) electrons. The molecule has 1 amide bonds. The fourth-order valence-electron chi connectivity index (χ4n) is 2.43. The lowest BCUT2D eigenvalue weighted by Gasteiger charge is -2.22. The molecule has 0 bridgehead atoms. The quantitative estimate of drug-likeness (QED) is 0.739. The van der Waals surface area contributed by atoms with Gasteiger partial charge in [0.25, 0.3) is 0 Å². The molecule has 0 unspecified atom stereocenters. The molecule has 1 fully saturated rings. The molecule has 0 heterocycles. The Morgan fingerprint density at radius 3 is 2.65 bits per heavy atom. The lowest BCUT2D eigenvalue weighted by molar-refractivity contribution is 0.0277. The highest BCUT2D eigenvalue weighted by atomic mass is 16.8. The molecular formula is C14H20N2O4. The minimum Gasteiger partial charge on any atom is -0.445 e. The summed E-state index contributed by atoms with van der Waals surface area (Å²) in [4.78, 5) is 11.7. The minimum atomic E-state index is -0.464. The maximum absolute atomic E-state index is 11.7. The SMILES string of the molecule is O=C(NC1CCCCC1)OCc1ccccc1N(O)O. The molecule has 2 rings (SSSR count). The summed E-state index contributed by atoms with van der Waals surface area (Å²) in [5.74, 6) is 0. The second-order valence-electron chi connectivity index (χ2n) is 4.97. The monoisotopic (exact) mass is 280 g/mol. The third-order valence-corrected chi connectivity index (χ3v) is 3.49. The Hall–Kier alpha value is -1.79. The Kier molecular flexibility index (Phi) is 5.20. The van der Waals surface area contributed by atoms with Gasteiger partial charge in [-0.05, 0) is 18.9 Å². The van der Waals surface area contributed by atoms with Gasteiger partial charge in [-0.15, -0.1) is 5.23 Å². The molecule has 6 heteroatoms. The van der Waals surface area contributed by atoms with Crippen molar-refractivity contribution in [1.29, 1.82) is 0 Å². The van der Waals surface area contributed by atoms with E-state index in [0.29, 0.717) is 5.56 Å². The standard InChI is InChI=1S/C14H20N2O4/c17-14(15-12-7-2-1-3-8-12)20-10-11-6-4-5-9-13(11)16(18)19/h4-6,9,12,18-19H,1-3,7-8,10H2,(H,15,17). The second kappa shape index (κ2) is 7.12. The van der Waals surface area contributed by atoms with Crippen LogP contribution in [0, 0.1) is 0 Å². The molecule has 1 aromatic rings. The molecular weight excluding hydrogens is 260 g/mol. The van der Waals surface area contributed by atoms with Gasteiger partial charge in [0.2, 0.25) is 0 Å². The van der Waals surface area contributed by atoms with Crippen LogP contribution in [0.3, 0.4) is 0 Å². The summed E-state index contributed by atoms with van der Waals surface area (Å²) >= 11 is 0. The van der Waals surface area contributed by atoms with Crippen LogP contribution in [0.25, 0.3) is 0 Å². The Balaban J connectivity index is 1.83. The zero-order valence-corrected chi connectivity index (χ0v) is 11.3. The van der Waals surface area contributed by atoms with Crippen LogP contribution in [-0.4, -0.2) is 22.5 Å². The fraction of sp³-hybridized carbons (Fsp3) is 0.500. The van der Waals surface area contributed by atoms with Crippen LogP contribution in [0.4, 0.5) is 10.5 Å². The van der Waals surface area contributed by atoms with E-state index in [-0.39, 0.29) is 23.6 Å². The molecule has 3 N–H and O–H groups in total. The molecule has 1 saturated carbocycles. The summed E-state index contributed by atoms with van der Waals surface area (Å²) in [5.41, 5.74) is 0.717. The minimum absolute atomic E-state index is 0.00759. The van der Waals surface area contributed by atoms with E-state index in [1.807, 2.05) is 0 Å². The zero-order valence-electron chi connectivity index (χ0n) is 11.3. The van der Waals surface area contributed by atoms with Crippen molar-refractivity contribution in [3.63, 3.8) is 0 Å². The van der Waals surface area contributed by atoms with Gasteiger partial charge in [-0.25, -0.2) is 4.79 Å². The normalized spacial score (nSPS) is 15.7. The van der Waals surface area contributed by atoms with Crippen molar-refractivity contribution in [2.24, 2.45) is 0 Å². The number of alkyl carbamates (subject to hydrolysis) is 1. The van der Waals surface area contributed by atoms with E-state index in [9.17, 15) is 4.79 Å². The van der Waals surface area contributed by atoms with E-state index in [1.165, 1.54) is 12.5 Å². The first kappa shape index (κ1) is 14.6. The summed E-state index contributed by atoms with van der Waals surface area (Å²) in [6.07, 6.45) is 5.02. The number of amides is 1. The predicted molar refractivity (Wildman–Crippen MR) is 72.7 cm³/mol. The molecule has 0 spiro atoms. The number of nitrogens with zero attached hydrogens (tertiary/aromatic N) is 1. The van der Waals surface area contributed by atoms with Crippen LogP contribution in [0.15, 0.2) is 24.3 Å². The van der Waals surface area contributed by atoms with Gasteiger partial charge in [-0.1, -0.05) is 37.5 Å². The van der Waals surface area contributed by atoms with Gasteiger partial charge in [0.1, 0.15) is 12.3 Å². The number of nitrogens with one attached hydrogen (secondary N) is 1. The number of rotatable bonds is 4. The molecule has 20 heavy (non-hydrogen) atoms. The number of ether oxygens (including phenoxy) is 1. The van der Waals surface area contributed by atoms with E-state index in [4.69, 9.17) is 15.2 Å². The van der Waals surface area contributed by atoms with Crippen LogP contribution >= 0.6 is 0 Å². The van der Waals surface area contributed by atoms with E-state index in [1.54, 1.807) is 18.2 Å². The third kappa shape index (κ3) is 4.11. The molecule has 0 saturated heterocycles. The number of para-hydroxylation sites is 1. The number of hydrogen-bond donors (Lipinski definition) is 3. The first-order valence-corrected chi connectivity index (χ1v) is 6.86. The Morgan fingerprint density at radius 1 is 1.25 bits per heavy atom. The Bertz CT molecular complexity index is 445. The lowest BCUT2D eigenvalue weighted by Crippen LogP contribution is -2.36. The summed E-state index contributed by atoms with van der Waals surface area (Å²) in [6.45, 7) is -0.00759. The number of hydrogen-bond acceptors (Lipinski definition) is 5. The highest BCUT2D eigenvalue weighted by Gasteiger charge is 2.16. The van der Waals surface area contributed by atoms with Crippen molar-refractivity contribution in [3.05, 3.63) is 29.8 Å². The molecule has 1 aliphatic rings. The van der Waals surface area contributed by atoms with Crippen LogP contribution in [-0.2, 0) is 11.3 Å². The first-order chi connectivity index (χ1) is 9.66. The zero-order chi connectivity index (χ0) is 14.4. The summed E-state index contributed by atoms with van der Waals surface area (Å²) in [5, 5.41) is 21.0. The highest BCUT2D eigenvalue weighted by Crippen LogP contribution is 2.19. The first-order valence-electron chi connectivity index (χ1n) is 6.86. The molecule has 0 aromatic heterocycles. The Morgan fingerprint density at radius 2 is 1.95 bits per heavy atom. The van der Waals surface area contributed by atoms with Gasteiger partial charge in [-0.2, -0.15) is 0 Å². The fourth-order valence-corrected chi connectivity index (χ4v) is 2.43. The topological polar surface area (TPSA) is 82.0 Å². The lowest BCUT2D eigenvalue weighted by atomic mass is 9.96. The van der Waals surface area contributed by atoms with Crippen LogP contribution < -0.4 is 10.5 Å². The molecule has 0 aliphatic heterocycles. The van der Waals surface area contributed by atoms with Gasteiger partial charge < -0.3 is 10.1 Å².